The van der Waals surface area contributed by atoms with Crippen molar-refractivity contribution in [2.45, 2.75) is 25.0 Å². The Hall–Kier alpha value is -1.46. The fraction of sp³-hybridized carbons (Fsp3) is 0.636. The van der Waals surface area contributed by atoms with E-state index in [1.165, 1.54) is 6.92 Å². The molecule has 0 heterocycles. The lowest BCUT2D eigenvalue weighted by atomic mass is 10.2. The molecule has 0 aliphatic rings. The average molecular weight is 352 g/mol. The summed E-state index contributed by atoms with van der Waals surface area (Å²) in [6.07, 6.45) is 0. The van der Waals surface area contributed by atoms with E-state index >= 15 is 0 Å². The number of thiol groups is 2. The van der Waals surface area contributed by atoms with Crippen molar-refractivity contribution < 1.29 is 24.3 Å². The fourth-order valence-corrected chi connectivity index (χ4v) is 1.72. The van der Waals surface area contributed by atoms with Gasteiger partial charge in [-0.1, -0.05) is 0 Å². The summed E-state index contributed by atoms with van der Waals surface area (Å²) in [5.74, 6) is -3.14. The van der Waals surface area contributed by atoms with E-state index in [0.29, 0.717) is 0 Å². The zero-order valence-corrected chi connectivity index (χ0v) is 13.7. The maximum atomic E-state index is 11.8. The minimum absolute atomic E-state index is 0.0142. The zero-order valence-electron chi connectivity index (χ0n) is 11.9. The van der Waals surface area contributed by atoms with Gasteiger partial charge in [0.2, 0.25) is 17.7 Å². The van der Waals surface area contributed by atoms with Crippen LogP contribution in [-0.4, -0.2) is 65.0 Å². The first-order valence-electron chi connectivity index (χ1n) is 6.30. The molecule has 3 amide bonds. The van der Waals surface area contributed by atoms with Gasteiger partial charge in [0.15, 0.2) is 0 Å². The molecule has 0 radical (unpaired) electrons. The standard InChI is InChI=1S/C11H20N4O5S2/c1-5(12)9(17)15-6(3-21)10(18)13-2-8(16)14-7(4-22)11(19)20/h5-7,21-22H,2-4,12H2,1H3,(H,13,18)(H,14,16)(H,15,17)(H,19,20)/t5-,6-,7-/m0/s1. The summed E-state index contributed by atoms with van der Waals surface area (Å²) in [5, 5.41) is 15.6. The van der Waals surface area contributed by atoms with E-state index in [1.807, 2.05) is 0 Å². The summed E-state index contributed by atoms with van der Waals surface area (Å²) in [7, 11) is 0. The number of carboxylic acid groups (broad SMARTS) is 1. The lowest BCUT2D eigenvalue weighted by Crippen LogP contribution is -2.53. The van der Waals surface area contributed by atoms with Crippen LogP contribution in [-0.2, 0) is 19.2 Å². The second kappa shape index (κ2) is 10.3. The maximum Gasteiger partial charge on any atom is 0.327 e. The number of carbonyl (C=O) groups is 4. The molecule has 0 aliphatic carbocycles. The summed E-state index contributed by atoms with van der Waals surface area (Å²) in [6.45, 7) is 1.02. The van der Waals surface area contributed by atoms with E-state index in [1.54, 1.807) is 0 Å². The third kappa shape index (κ3) is 7.52. The summed E-state index contributed by atoms with van der Waals surface area (Å²) < 4.78 is 0. The zero-order chi connectivity index (χ0) is 17.3. The molecule has 11 heteroatoms. The predicted molar refractivity (Wildman–Crippen MR) is 85.9 cm³/mol. The largest absolute Gasteiger partial charge is 0.480 e. The van der Waals surface area contributed by atoms with Crippen molar-refractivity contribution in [1.29, 1.82) is 0 Å². The predicted octanol–water partition coefficient (Wildman–Crippen LogP) is -2.64. The van der Waals surface area contributed by atoms with Gasteiger partial charge >= 0.3 is 5.97 Å². The lowest BCUT2D eigenvalue weighted by Gasteiger charge is -2.18. The summed E-state index contributed by atoms with van der Waals surface area (Å²) in [4.78, 5) is 45.4. The van der Waals surface area contributed by atoms with Gasteiger partial charge in [-0.15, -0.1) is 0 Å². The van der Waals surface area contributed by atoms with Gasteiger partial charge in [-0.2, -0.15) is 25.3 Å². The van der Waals surface area contributed by atoms with Crippen LogP contribution < -0.4 is 21.7 Å². The van der Waals surface area contributed by atoms with E-state index in [9.17, 15) is 19.2 Å². The number of nitrogens with two attached hydrogens (primary N) is 1. The molecule has 0 aromatic rings. The van der Waals surface area contributed by atoms with Crippen molar-refractivity contribution in [1.82, 2.24) is 16.0 Å². The van der Waals surface area contributed by atoms with Gasteiger partial charge in [0.1, 0.15) is 12.1 Å². The molecule has 0 rings (SSSR count). The normalized spacial score (nSPS) is 14.4. The number of aliphatic carboxylic acids is 1. The molecule has 9 nitrogen and oxygen atoms in total. The van der Waals surface area contributed by atoms with Crippen LogP contribution in [0.25, 0.3) is 0 Å². The highest BCUT2D eigenvalue weighted by Gasteiger charge is 2.22. The molecule has 0 saturated carbocycles. The van der Waals surface area contributed by atoms with Crippen molar-refractivity contribution in [3.05, 3.63) is 0 Å². The first-order valence-corrected chi connectivity index (χ1v) is 7.57. The topological polar surface area (TPSA) is 151 Å². The van der Waals surface area contributed by atoms with Crippen LogP contribution >= 0.6 is 25.3 Å². The van der Waals surface area contributed by atoms with Crippen molar-refractivity contribution in [3.63, 3.8) is 0 Å². The number of hydrogen-bond donors (Lipinski definition) is 7. The summed E-state index contributed by atoms with van der Waals surface area (Å²) in [6, 6.07) is -2.88. The molecule has 0 aliphatic heterocycles. The van der Waals surface area contributed by atoms with E-state index in [4.69, 9.17) is 10.8 Å². The first-order chi connectivity index (χ1) is 10.2. The molecule has 0 spiro atoms. The highest BCUT2D eigenvalue weighted by molar-refractivity contribution is 7.80. The van der Waals surface area contributed by atoms with Gasteiger partial charge in [-0.3, -0.25) is 14.4 Å². The van der Waals surface area contributed by atoms with Crippen LogP contribution in [0.1, 0.15) is 6.92 Å². The number of hydrogen-bond acceptors (Lipinski definition) is 7. The van der Waals surface area contributed by atoms with Crippen molar-refractivity contribution in [2.75, 3.05) is 18.1 Å². The molecule has 126 valence electrons. The smallest absolute Gasteiger partial charge is 0.327 e. The molecule has 0 aromatic heterocycles. The van der Waals surface area contributed by atoms with Crippen LogP contribution in [0.2, 0.25) is 0 Å². The van der Waals surface area contributed by atoms with E-state index in [2.05, 4.69) is 41.2 Å². The first kappa shape index (κ1) is 20.5. The monoisotopic (exact) mass is 352 g/mol. The second-order valence-corrected chi connectivity index (χ2v) is 5.12. The molecule has 0 bridgehead atoms. The Balaban J connectivity index is 4.37. The lowest BCUT2D eigenvalue weighted by molar-refractivity contribution is -0.141. The Morgan fingerprint density at radius 3 is 2.00 bits per heavy atom. The molecule has 3 atom stereocenters. The molecule has 0 aromatic carbocycles. The van der Waals surface area contributed by atoms with E-state index < -0.39 is 48.4 Å². The van der Waals surface area contributed by atoms with Crippen molar-refractivity contribution >= 4 is 48.9 Å². The van der Waals surface area contributed by atoms with Crippen molar-refractivity contribution in [2.24, 2.45) is 5.73 Å². The Kier molecular flexibility index (Phi) is 9.61. The van der Waals surface area contributed by atoms with Crippen LogP contribution in [0.15, 0.2) is 0 Å². The highest BCUT2D eigenvalue weighted by atomic mass is 32.1. The van der Waals surface area contributed by atoms with Crippen LogP contribution in [0, 0.1) is 0 Å². The van der Waals surface area contributed by atoms with Gasteiger partial charge in [0, 0.05) is 11.5 Å². The Morgan fingerprint density at radius 1 is 1.05 bits per heavy atom. The molecule has 0 fully saturated rings. The van der Waals surface area contributed by atoms with E-state index in [-0.39, 0.29) is 11.5 Å². The maximum absolute atomic E-state index is 11.8. The average Bonchev–Trinajstić information content (AvgIpc) is 2.46. The number of amides is 3. The second-order valence-electron chi connectivity index (χ2n) is 4.39. The van der Waals surface area contributed by atoms with Crippen LogP contribution in [0.4, 0.5) is 0 Å². The number of carbonyl (C=O) groups excluding carboxylic acids is 3. The molecule has 0 saturated heterocycles. The molecule has 0 unspecified atom stereocenters. The third-order valence-electron chi connectivity index (χ3n) is 2.47. The van der Waals surface area contributed by atoms with Gasteiger partial charge < -0.3 is 26.8 Å². The summed E-state index contributed by atoms with van der Waals surface area (Å²) >= 11 is 7.73. The SMILES string of the molecule is C[C@H](N)C(=O)N[C@@H](CS)C(=O)NCC(=O)N[C@@H](CS)C(=O)O. The Labute approximate surface area is 138 Å². The number of carboxylic acids is 1. The molecular formula is C11H20N4O5S2. The van der Waals surface area contributed by atoms with Crippen LogP contribution in [0.3, 0.4) is 0 Å². The minimum Gasteiger partial charge on any atom is -0.480 e. The van der Waals surface area contributed by atoms with Crippen molar-refractivity contribution in [3.8, 4) is 0 Å². The van der Waals surface area contributed by atoms with Gasteiger partial charge in [-0.25, -0.2) is 4.79 Å². The summed E-state index contributed by atoms with van der Waals surface area (Å²) in [5.41, 5.74) is 5.36. The highest BCUT2D eigenvalue weighted by Crippen LogP contribution is 1.91. The number of nitrogens with one attached hydrogen (secondary N) is 3. The van der Waals surface area contributed by atoms with Gasteiger partial charge in [0.05, 0.1) is 12.6 Å². The Bertz CT molecular complexity index is 433. The van der Waals surface area contributed by atoms with Crippen LogP contribution in [0.5, 0.6) is 0 Å². The van der Waals surface area contributed by atoms with Gasteiger partial charge in [0.25, 0.3) is 0 Å². The molecular weight excluding hydrogens is 332 g/mol. The minimum atomic E-state index is -1.23. The third-order valence-corrected chi connectivity index (χ3v) is 3.20. The number of rotatable bonds is 9. The Morgan fingerprint density at radius 2 is 1.59 bits per heavy atom. The van der Waals surface area contributed by atoms with E-state index in [0.717, 1.165) is 0 Å². The molecule has 6 N–H and O–H groups in total. The quantitative estimate of drug-likeness (QED) is 0.225. The molecule has 22 heavy (non-hydrogen) atoms. The fourth-order valence-electron chi connectivity index (χ4n) is 1.22. The van der Waals surface area contributed by atoms with Gasteiger partial charge in [-0.05, 0) is 6.92 Å².